The van der Waals surface area contributed by atoms with E-state index < -0.39 is 23.4 Å². The summed E-state index contributed by atoms with van der Waals surface area (Å²) in [4.78, 5) is 39.5. The average molecular weight is 601 g/mol. The third-order valence-electron chi connectivity index (χ3n) is 8.44. The molecule has 12 heteroatoms. The summed E-state index contributed by atoms with van der Waals surface area (Å²) in [6.45, 7) is 11.0. The number of hydrogen-bond donors (Lipinski definition) is 0. The van der Waals surface area contributed by atoms with Gasteiger partial charge in [-0.1, -0.05) is 6.07 Å². The van der Waals surface area contributed by atoms with Crippen molar-refractivity contribution in [2.75, 3.05) is 51.2 Å². The number of nitriles is 1. The van der Waals surface area contributed by atoms with Gasteiger partial charge < -0.3 is 14.5 Å². The van der Waals surface area contributed by atoms with Crippen molar-refractivity contribution < 1.29 is 18.7 Å². The monoisotopic (exact) mass is 600 g/mol. The zero-order chi connectivity index (χ0) is 31.2. The summed E-state index contributed by atoms with van der Waals surface area (Å²) in [5.41, 5.74) is 0.338. The van der Waals surface area contributed by atoms with E-state index >= 15 is 4.39 Å². The first kappa shape index (κ1) is 29.7. The van der Waals surface area contributed by atoms with Crippen molar-refractivity contribution in [3.05, 3.63) is 59.2 Å². The van der Waals surface area contributed by atoms with Gasteiger partial charge in [0.1, 0.15) is 11.4 Å². The third kappa shape index (κ3) is 5.77. The summed E-state index contributed by atoms with van der Waals surface area (Å²) in [6, 6.07) is 10.2. The number of rotatable bonds is 4. The van der Waals surface area contributed by atoms with Gasteiger partial charge in [-0.3, -0.25) is 9.69 Å². The lowest BCUT2D eigenvalue weighted by atomic mass is 10.0. The number of benzene rings is 1. The molecule has 2 aromatic heterocycles. The van der Waals surface area contributed by atoms with Crippen molar-refractivity contribution >= 4 is 17.8 Å². The second-order valence-corrected chi connectivity index (χ2v) is 12.7. The molecule has 2 saturated heterocycles. The van der Waals surface area contributed by atoms with Crippen molar-refractivity contribution in [1.29, 1.82) is 5.26 Å². The molecule has 3 aliphatic rings. The molecular weight excluding hydrogens is 563 g/mol. The van der Waals surface area contributed by atoms with E-state index in [-0.39, 0.29) is 34.6 Å². The lowest BCUT2D eigenvalue weighted by molar-refractivity contribution is 0.0247. The molecule has 0 N–H and O–H groups in total. The Morgan fingerprint density at radius 2 is 1.89 bits per heavy atom. The Bertz CT molecular complexity index is 1630. The van der Waals surface area contributed by atoms with Gasteiger partial charge in [0.25, 0.3) is 5.91 Å². The maximum absolute atomic E-state index is 15.2. The number of halogens is 1. The smallest absolute Gasteiger partial charge is 0.417 e. The maximum atomic E-state index is 15.2. The first-order chi connectivity index (χ1) is 21.0. The molecule has 0 aliphatic carbocycles. The summed E-state index contributed by atoms with van der Waals surface area (Å²) in [5, 5.41) is 14.6. The van der Waals surface area contributed by atoms with Crippen molar-refractivity contribution in [2.24, 2.45) is 0 Å². The number of ether oxygens (including phenoxy) is 1. The van der Waals surface area contributed by atoms with Gasteiger partial charge in [-0.15, -0.1) is 0 Å². The van der Waals surface area contributed by atoms with Crippen LogP contribution in [0.2, 0.25) is 0 Å². The number of aromatic nitrogens is 3. The number of anilines is 1. The molecule has 0 radical (unpaired) electrons. The molecule has 1 atom stereocenters. The zero-order valence-electron chi connectivity index (χ0n) is 25.6. The number of likely N-dealkylation sites (N-methyl/N-ethyl adjacent to an activating group) is 1. The summed E-state index contributed by atoms with van der Waals surface area (Å²) in [5.74, 6) is -0.406. The van der Waals surface area contributed by atoms with E-state index in [9.17, 15) is 14.9 Å². The van der Waals surface area contributed by atoms with E-state index in [1.807, 2.05) is 12.1 Å². The molecule has 11 nitrogen and oxygen atoms in total. The highest BCUT2D eigenvalue weighted by Gasteiger charge is 2.39. The lowest BCUT2D eigenvalue weighted by Gasteiger charge is -2.42. The first-order valence-corrected chi connectivity index (χ1v) is 15.0. The molecule has 2 fully saturated rings. The van der Waals surface area contributed by atoms with E-state index in [4.69, 9.17) is 9.84 Å². The second-order valence-electron chi connectivity index (χ2n) is 12.7. The van der Waals surface area contributed by atoms with Gasteiger partial charge in [0.05, 0.1) is 46.4 Å². The van der Waals surface area contributed by atoms with Gasteiger partial charge in [0.15, 0.2) is 5.82 Å². The Labute approximate surface area is 256 Å². The molecular formula is C32H37FN8O3. The van der Waals surface area contributed by atoms with Gasteiger partial charge in [0, 0.05) is 57.6 Å². The topological polar surface area (TPSA) is 111 Å². The van der Waals surface area contributed by atoms with Crippen molar-refractivity contribution in [2.45, 2.75) is 51.8 Å². The molecule has 0 saturated carbocycles. The Morgan fingerprint density at radius 1 is 1.11 bits per heavy atom. The van der Waals surface area contributed by atoms with Crippen LogP contribution < -0.4 is 4.90 Å². The number of imide groups is 1. The van der Waals surface area contributed by atoms with Gasteiger partial charge >= 0.3 is 6.09 Å². The Morgan fingerprint density at radius 3 is 2.61 bits per heavy atom. The standard InChI is InChI=1S/C32H37FN8O3/c1-32(2,3)44-31(43)40-20-25-29(30(40)42)26(17-24(35-25)28-21(18-34)7-5-9-23(28)33)41-12-10-27(36-41)39-11-6-8-22(19-39)38-15-13-37(4)14-16-38/h5,7,9-10,12,17,22H,6,8,11,13-16,19-20H2,1-4H3. The molecule has 0 spiro atoms. The number of hydrogen-bond acceptors (Lipinski definition) is 9. The molecule has 3 aromatic rings. The van der Waals surface area contributed by atoms with Gasteiger partial charge in [-0.25, -0.2) is 23.8 Å². The number of piperazine rings is 1. The van der Waals surface area contributed by atoms with Crippen LogP contribution in [0, 0.1) is 17.1 Å². The zero-order valence-corrected chi connectivity index (χ0v) is 25.6. The quantitative estimate of drug-likeness (QED) is 0.438. The number of piperidine rings is 1. The highest BCUT2D eigenvalue weighted by molar-refractivity contribution is 6.08. The Hall–Kier alpha value is -4.34. The van der Waals surface area contributed by atoms with E-state index in [1.54, 1.807) is 37.7 Å². The first-order valence-electron chi connectivity index (χ1n) is 15.0. The summed E-state index contributed by atoms with van der Waals surface area (Å²) in [6.07, 6.45) is 3.17. The highest BCUT2D eigenvalue weighted by Crippen LogP contribution is 2.35. The van der Waals surface area contributed by atoms with Crippen LogP contribution in [0.25, 0.3) is 16.9 Å². The molecule has 3 aliphatic heterocycles. The van der Waals surface area contributed by atoms with E-state index in [1.165, 1.54) is 18.2 Å². The number of carbonyl (C=O) groups is 2. The fraction of sp³-hybridized carbons (Fsp3) is 0.469. The second kappa shape index (κ2) is 11.6. The van der Waals surface area contributed by atoms with Crippen LogP contribution in [0.15, 0.2) is 36.5 Å². The fourth-order valence-electron chi connectivity index (χ4n) is 6.20. The van der Waals surface area contributed by atoms with E-state index in [0.29, 0.717) is 11.7 Å². The molecule has 44 heavy (non-hydrogen) atoms. The van der Waals surface area contributed by atoms with Crippen LogP contribution >= 0.6 is 0 Å². The predicted molar refractivity (Wildman–Crippen MR) is 162 cm³/mol. The Balaban J connectivity index is 1.37. The molecule has 1 aromatic carbocycles. The molecule has 6 rings (SSSR count). The normalized spacial score (nSPS) is 19.6. The van der Waals surface area contributed by atoms with Crippen molar-refractivity contribution in [3.8, 4) is 23.0 Å². The number of carbonyl (C=O) groups excluding carboxylic acids is 2. The van der Waals surface area contributed by atoms with Crippen molar-refractivity contribution in [3.63, 3.8) is 0 Å². The SMILES string of the molecule is CN1CCN(C2CCCN(c3ccn(-c4cc(-c5c(F)cccc5C#N)nc5c4C(=O)N(C(=O)OC(C)(C)C)C5)n3)C2)CC1. The van der Waals surface area contributed by atoms with Crippen LogP contribution in [-0.4, -0.2) is 99.4 Å². The van der Waals surface area contributed by atoms with Crippen LogP contribution in [-0.2, 0) is 11.3 Å². The molecule has 230 valence electrons. The third-order valence-corrected chi connectivity index (χ3v) is 8.44. The molecule has 1 unspecified atom stereocenters. The number of amides is 2. The summed E-state index contributed by atoms with van der Waals surface area (Å²) >= 11 is 0. The van der Waals surface area contributed by atoms with Crippen molar-refractivity contribution in [1.82, 2.24) is 29.5 Å². The van der Waals surface area contributed by atoms with E-state index in [0.717, 1.165) is 62.8 Å². The number of fused-ring (bicyclic) bond motifs is 1. The minimum Gasteiger partial charge on any atom is -0.443 e. The van der Waals surface area contributed by atoms with Crippen LogP contribution in [0.3, 0.4) is 0 Å². The van der Waals surface area contributed by atoms with Crippen LogP contribution in [0.1, 0.15) is 55.2 Å². The van der Waals surface area contributed by atoms with Crippen LogP contribution in [0.4, 0.5) is 15.0 Å². The largest absolute Gasteiger partial charge is 0.443 e. The molecule has 0 bridgehead atoms. The fourth-order valence-corrected chi connectivity index (χ4v) is 6.20. The highest BCUT2D eigenvalue weighted by atomic mass is 19.1. The summed E-state index contributed by atoms with van der Waals surface area (Å²) in [7, 11) is 2.16. The molecule has 2 amide bonds. The predicted octanol–water partition coefficient (Wildman–Crippen LogP) is 4.05. The maximum Gasteiger partial charge on any atom is 0.417 e. The number of nitrogens with zero attached hydrogens (tertiary/aromatic N) is 8. The lowest BCUT2D eigenvalue weighted by Crippen LogP contribution is -2.54. The minimum atomic E-state index is -0.810. The Kier molecular flexibility index (Phi) is 7.86. The van der Waals surface area contributed by atoms with Gasteiger partial charge in [-0.2, -0.15) is 10.4 Å². The van der Waals surface area contributed by atoms with Gasteiger partial charge in [0.2, 0.25) is 0 Å². The number of pyridine rings is 1. The van der Waals surface area contributed by atoms with E-state index in [2.05, 4.69) is 26.7 Å². The average Bonchev–Trinajstić information content (AvgIpc) is 3.61. The minimum absolute atomic E-state index is 0.0284. The summed E-state index contributed by atoms with van der Waals surface area (Å²) < 4.78 is 22.2. The molecule has 5 heterocycles. The van der Waals surface area contributed by atoms with Crippen LogP contribution in [0.5, 0.6) is 0 Å². The van der Waals surface area contributed by atoms with Gasteiger partial charge in [-0.05, 0) is 58.9 Å².